The first-order valence-corrected chi connectivity index (χ1v) is 5.73. The smallest absolute Gasteiger partial charge is 0.203 e. The Kier molecular flexibility index (Phi) is 2.84. The summed E-state index contributed by atoms with van der Waals surface area (Å²) in [5, 5.41) is 1.95. The molecule has 0 N–H and O–H groups in total. The second kappa shape index (κ2) is 4.11. The zero-order valence-corrected chi connectivity index (χ0v) is 9.60. The Morgan fingerprint density at radius 1 is 1.50 bits per heavy atom. The molecule has 0 aromatic carbocycles. The second-order valence-electron chi connectivity index (χ2n) is 2.77. The molecule has 0 atom stereocenters. The zero-order valence-electron chi connectivity index (χ0n) is 7.20. The topological polar surface area (TPSA) is 30.2 Å². The van der Waals surface area contributed by atoms with Gasteiger partial charge < -0.3 is 4.42 Å². The van der Waals surface area contributed by atoms with Crippen LogP contribution in [0, 0.1) is 0 Å². The van der Waals surface area contributed by atoms with E-state index < -0.39 is 0 Å². The third kappa shape index (κ3) is 1.96. The minimum absolute atomic E-state index is 0.0122. The van der Waals surface area contributed by atoms with Gasteiger partial charge in [0.25, 0.3) is 0 Å². The van der Waals surface area contributed by atoms with Gasteiger partial charge in [-0.05, 0) is 39.5 Å². The summed E-state index contributed by atoms with van der Waals surface area (Å²) in [6, 6.07) is 5.34. The molecule has 72 valence electrons. The van der Waals surface area contributed by atoms with Crippen molar-refractivity contribution < 1.29 is 9.21 Å². The highest BCUT2D eigenvalue weighted by Gasteiger charge is 2.12. The normalized spacial score (nSPS) is 10.4. The quantitative estimate of drug-likeness (QED) is 0.799. The monoisotopic (exact) mass is 270 g/mol. The first-order chi connectivity index (χ1) is 6.77. The van der Waals surface area contributed by atoms with Gasteiger partial charge in [0.2, 0.25) is 5.78 Å². The summed E-state index contributed by atoms with van der Waals surface area (Å²) in [7, 11) is 0. The first-order valence-electron chi connectivity index (χ1n) is 4.06. The van der Waals surface area contributed by atoms with Crippen molar-refractivity contribution in [2.24, 2.45) is 0 Å². The van der Waals surface area contributed by atoms with Crippen LogP contribution in [0.25, 0.3) is 0 Å². The highest BCUT2D eigenvalue weighted by Crippen LogP contribution is 2.24. The molecule has 0 spiro atoms. The van der Waals surface area contributed by atoms with Gasteiger partial charge in [-0.3, -0.25) is 4.79 Å². The van der Waals surface area contributed by atoms with E-state index in [1.165, 1.54) is 6.26 Å². The number of hydrogen-bond donors (Lipinski definition) is 0. The van der Waals surface area contributed by atoms with E-state index in [1.807, 2.05) is 11.4 Å². The van der Waals surface area contributed by atoms with Crippen molar-refractivity contribution >= 4 is 33.0 Å². The maximum absolute atomic E-state index is 11.6. The number of ketones is 1. The maximum Gasteiger partial charge on any atom is 0.203 e. The Labute approximate surface area is 93.7 Å². The standard InChI is InChI=1S/C10H7BrO2S/c11-7-3-5-14-10(7)6-8(12)9-2-1-4-13-9/h1-5H,6H2. The van der Waals surface area contributed by atoms with Gasteiger partial charge >= 0.3 is 0 Å². The molecule has 0 aliphatic heterocycles. The summed E-state index contributed by atoms with van der Waals surface area (Å²) in [4.78, 5) is 12.7. The Bertz CT molecular complexity index is 431. The lowest BCUT2D eigenvalue weighted by molar-refractivity contribution is 0.0967. The fourth-order valence-electron chi connectivity index (χ4n) is 1.12. The molecule has 14 heavy (non-hydrogen) atoms. The summed E-state index contributed by atoms with van der Waals surface area (Å²) >= 11 is 4.95. The van der Waals surface area contributed by atoms with Gasteiger partial charge in [0.05, 0.1) is 6.26 Å². The van der Waals surface area contributed by atoms with E-state index in [9.17, 15) is 4.79 Å². The van der Waals surface area contributed by atoms with E-state index >= 15 is 0 Å². The number of furan rings is 1. The van der Waals surface area contributed by atoms with Crippen LogP contribution in [0.15, 0.2) is 38.7 Å². The fraction of sp³-hybridized carbons (Fsp3) is 0.100. The average Bonchev–Trinajstić information content (AvgIpc) is 2.77. The molecule has 0 amide bonds. The highest BCUT2D eigenvalue weighted by molar-refractivity contribution is 9.10. The number of carbonyl (C=O) groups excluding carboxylic acids is 1. The molecule has 2 rings (SSSR count). The van der Waals surface area contributed by atoms with E-state index in [1.54, 1.807) is 23.5 Å². The summed E-state index contributed by atoms with van der Waals surface area (Å²) in [5.74, 6) is 0.434. The van der Waals surface area contributed by atoms with Crippen molar-refractivity contribution in [3.05, 3.63) is 45.0 Å². The first kappa shape index (κ1) is 9.68. The third-order valence-electron chi connectivity index (χ3n) is 1.81. The Morgan fingerprint density at radius 2 is 2.36 bits per heavy atom. The number of rotatable bonds is 3. The van der Waals surface area contributed by atoms with Crippen molar-refractivity contribution in [2.75, 3.05) is 0 Å². The highest BCUT2D eigenvalue weighted by atomic mass is 79.9. The van der Waals surface area contributed by atoms with Gasteiger partial charge in [0, 0.05) is 15.8 Å². The maximum atomic E-state index is 11.6. The number of halogens is 1. The lowest BCUT2D eigenvalue weighted by Crippen LogP contribution is -2.00. The van der Waals surface area contributed by atoms with Crippen LogP contribution < -0.4 is 0 Å². The van der Waals surface area contributed by atoms with Gasteiger partial charge in [0.1, 0.15) is 0 Å². The van der Waals surface area contributed by atoms with Crippen LogP contribution in [0.1, 0.15) is 15.4 Å². The summed E-state index contributed by atoms with van der Waals surface area (Å²) in [5.41, 5.74) is 0. The average molecular weight is 271 g/mol. The van der Waals surface area contributed by atoms with Crippen LogP contribution in [-0.2, 0) is 6.42 Å². The molecule has 0 saturated carbocycles. The van der Waals surface area contributed by atoms with E-state index in [0.29, 0.717) is 12.2 Å². The zero-order chi connectivity index (χ0) is 9.97. The molecular weight excluding hydrogens is 264 g/mol. The molecule has 2 aromatic heterocycles. The van der Waals surface area contributed by atoms with Crippen molar-refractivity contribution in [3.63, 3.8) is 0 Å². The molecule has 0 unspecified atom stereocenters. The van der Waals surface area contributed by atoms with E-state index in [4.69, 9.17) is 4.42 Å². The summed E-state index contributed by atoms with van der Waals surface area (Å²) in [6.45, 7) is 0. The molecule has 0 fully saturated rings. The molecule has 0 aliphatic rings. The van der Waals surface area contributed by atoms with Crippen molar-refractivity contribution in [1.82, 2.24) is 0 Å². The fourth-order valence-corrected chi connectivity index (χ4v) is 2.61. The van der Waals surface area contributed by atoms with Crippen LogP contribution in [-0.4, -0.2) is 5.78 Å². The van der Waals surface area contributed by atoms with Gasteiger partial charge in [-0.25, -0.2) is 0 Å². The molecule has 0 aliphatic carbocycles. The number of thiophene rings is 1. The minimum Gasteiger partial charge on any atom is -0.461 e. The number of carbonyl (C=O) groups is 1. The lowest BCUT2D eigenvalue weighted by Gasteiger charge is -1.95. The van der Waals surface area contributed by atoms with E-state index in [2.05, 4.69) is 15.9 Å². The molecule has 2 nitrogen and oxygen atoms in total. The van der Waals surface area contributed by atoms with Crippen LogP contribution in [0.5, 0.6) is 0 Å². The Balaban J connectivity index is 2.13. The van der Waals surface area contributed by atoms with Crippen molar-refractivity contribution in [3.8, 4) is 0 Å². The third-order valence-corrected chi connectivity index (χ3v) is 3.73. The molecule has 2 heterocycles. The van der Waals surface area contributed by atoms with E-state index in [-0.39, 0.29) is 5.78 Å². The Morgan fingerprint density at radius 3 is 2.93 bits per heavy atom. The SMILES string of the molecule is O=C(Cc1sccc1Br)c1ccco1. The number of Topliss-reactive ketones (excluding diaryl/α,β-unsaturated/α-hetero) is 1. The molecule has 4 heteroatoms. The van der Waals surface area contributed by atoms with Gasteiger partial charge in [-0.2, -0.15) is 0 Å². The molecule has 0 saturated heterocycles. The molecule has 2 aromatic rings. The second-order valence-corrected chi connectivity index (χ2v) is 4.62. The van der Waals surface area contributed by atoms with E-state index in [0.717, 1.165) is 9.35 Å². The molecular formula is C10H7BrO2S. The summed E-state index contributed by atoms with van der Waals surface area (Å²) < 4.78 is 6.01. The van der Waals surface area contributed by atoms with Crippen LogP contribution in [0.2, 0.25) is 0 Å². The van der Waals surface area contributed by atoms with Gasteiger partial charge in [0.15, 0.2) is 5.76 Å². The predicted octanol–water partition coefficient (Wildman–Crippen LogP) is 3.53. The Hall–Kier alpha value is -0.870. The van der Waals surface area contributed by atoms with Crippen molar-refractivity contribution in [2.45, 2.75) is 6.42 Å². The molecule has 0 radical (unpaired) electrons. The van der Waals surface area contributed by atoms with Crippen molar-refractivity contribution in [1.29, 1.82) is 0 Å². The number of hydrogen-bond acceptors (Lipinski definition) is 3. The largest absolute Gasteiger partial charge is 0.461 e. The van der Waals surface area contributed by atoms with Crippen LogP contribution >= 0.6 is 27.3 Å². The molecule has 0 bridgehead atoms. The van der Waals surface area contributed by atoms with Crippen LogP contribution in [0.4, 0.5) is 0 Å². The lowest BCUT2D eigenvalue weighted by atomic mass is 10.2. The van der Waals surface area contributed by atoms with Gasteiger partial charge in [-0.15, -0.1) is 11.3 Å². The minimum atomic E-state index is 0.0122. The van der Waals surface area contributed by atoms with Gasteiger partial charge in [-0.1, -0.05) is 0 Å². The summed E-state index contributed by atoms with van der Waals surface area (Å²) in [6.07, 6.45) is 1.91. The predicted molar refractivity (Wildman–Crippen MR) is 58.8 cm³/mol. The van der Waals surface area contributed by atoms with Crippen LogP contribution in [0.3, 0.4) is 0 Å².